The number of nitrogens with zero attached hydrogens (tertiary/aromatic N) is 1. The standard InChI is InChI=1S/C34H51N3O5/c1-9-10-11-12-13-21-37(29(30(39)36-33(3,4)5)26-16-14-15-24(2)22-26)31(40)28(35-32(41)42-34(6,7)8)23-25-17-19-27(38)20-18-25/h14-20,22,28-29,38H,9-13,21,23H2,1-8H3,(H,35,41)(H,36,39). The highest BCUT2D eigenvalue weighted by atomic mass is 16.6. The summed E-state index contributed by atoms with van der Waals surface area (Å²) >= 11 is 0. The van der Waals surface area contributed by atoms with Gasteiger partial charge in [0.05, 0.1) is 0 Å². The fourth-order valence-corrected chi connectivity index (χ4v) is 4.72. The van der Waals surface area contributed by atoms with Crippen LogP contribution in [0.5, 0.6) is 5.75 Å². The topological polar surface area (TPSA) is 108 Å². The van der Waals surface area contributed by atoms with Crippen molar-refractivity contribution in [3.63, 3.8) is 0 Å². The van der Waals surface area contributed by atoms with Gasteiger partial charge in [-0.25, -0.2) is 4.79 Å². The van der Waals surface area contributed by atoms with Crippen molar-refractivity contribution in [3.05, 3.63) is 65.2 Å². The van der Waals surface area contributed by atoms with Crippen molar-refractivity contribution in [1.82, 2.24) is 15.5 Å². The van der Waals surface area contributed by atoms with Gasteiger partial charge in [0.1, 0.15) is 23.4 Å². The average molecular weight is 582 g/mol. The van der Waals surface area contributed by atoms with E-state index in [4.69, 9.17) is 4.74 Å². The van der Waals surface area contributed by atoms with Crippen molar-refractivity contribution in [2.75, 3.05) is 6.54 Å². The number of phenolic OH excluding ortho intramolecular Hbond substituents is 1. The summed E-state index contributed by atoms with van der Waals surface area (Å²) < 4.78 is 5.51. The number of benzene rings is 2. The Morgan fingerprint density at radius 1 is 0.929 bits per heavy atom. The first-order chi connectivity index (χ1) is 19.6. The molecule has 2 aromatic rings. The molecule has 232 valence electrons. The second-order valence-corrected chi connectivity index (χ2v) is 13.1. The van der Waals surface area contributed by atoms with Gasteiger partial charge in [-0.15, -0.1) is 0 Å². The molecule has 8 nitrogen and oxygen atoms in total. The second kappa shape index (κ2) is 15.6. The van der Waals surface area contributed by atoms with E-state index < -0.39 is 29.3 Å². The fourth-order valence-electron chi connectivity index (χ4n) is 4.72. The minimum atomic E-state index is -1.00. The number of phenols is 1. The molecule has 0 bridgehead atoms. The number of unbranched alkanes of at least 4 members (excludes halogenated alkanes) is 4. The molecule has 2 unspecified atom stereocenters. The van der Waals surface area contributed by atoms with E-state index in [-0.39, 0.29) is 24.0 Å². The quantitative estimate of drug-likeness (QED) is 0.231. The third kappa shape index (κ3) is 12.1. The Bertz CT molecular complexity index is 1160. The van der Waals surface area contributed by atoms with Gasteiger partial charge in [0.25, 0.3) is 0 Å². The number of aromatic hydroxyl groups is 1. The molecule has 0 radical (unpaired) electrons. The number of alkyl carbamates (subject to hydrolysis) is 1. The van der Waals surface area contributed by atoms with Crippen LogP contribution in [0.2, 0.25) is 0 Å². The van der Waals surface area contributed by atoms with E-state index in [9.17, 15) is 19.5 Å². The third-order valence-corrected chi connectivity index (χ3v) is 6.57. The molecule has 0 aromatic heterocycles. The van der Waals surface area contributed by atoms with E-state index in [0.717, 1.165) is 43.2 Å². The summed E-state index contributed by atoms with van der Waals surface area (Å²) in [4.78, 5) is 43.0. The number of ether oxygens (including phenoxy) is 1. The Morgan fingerprint density at radius 3 is 2.14 bits per heavy atom. The van der Waals surface area contributed by atoms with Crippen molar-refractivity contribution < 1.29 is 24.2 Å². The molecule has 3 amide bonds. The largest absolute Gasteiger partial charge is 0.508 e. The van der Waals surface area contributed by atoms with Crippen LogP contribution in [-0.4, -0.2) is 51.6 Å². The molecule has 8 heteroatoms. The van der Waals surface area contributed by atoms with Crippen LogP contribution in [0.15, 0.2) is 48.5 Å². The van der Waals surface area contributed by atoms with Gasteiger partial charge in [-0.1, -0.05) is 74.6 Å². The number of hydrogen-bond acceptors (Lipinski definition) is 5. The summed E-state index contributed by atoms with van der Waals surface area (Å²) in [6, 6.07) is 12.3. The molecule has 2 aromatic carbocycles. The van der Waals surface area contributed by atoms with E-state index in [1.807, 2.05) is 52.0 Å². The van der Waals surface area contributed by atoms with Crippen LogP contribution in [-0.2, 0) is 20.7 Å². The van der Waals surface area contributed by atoms with E-state index in [1.54, 1.807) is 49.9 Å². The van der Waals surface area contributed by atoms with Crippen molar-refractivity contribution in [1.29, 1.82) is 0 Å². The molecule has 2 atom stereocenters. The number of aryl methyl sites for hydroxylation is 1. The van der Waals surface area contributed by atoms with E-state index in [0.29, 0.717) is 12.1 Å². The van der Waals surface area contributed by atoms with Gasteiger partial charge in [0, 0.05) is 18.5 Å². The first-order valence-corrected chi connectivity index (χ1v) is 15.1. The van der Waals surface area contributed by atoms with Crippen LogP contribution in [0.1, 0.15) is 103 Å². The predicted molar refractivity (Wildman–Crippen MR) is 167 cm³/mol. The van der Waals surface area contributed by atoms with Gasteiger partial charge < -0.3 is 25.4 Å². The first kappa shape index (κ1) is 34.7. The van der Waals surface area contributed by atoms with Gasteiger partial charge >= 0.3 is 6.09 Å². The molecule has 0 saturated heterocycles. The van der Waals surface area contributed by atoms with Gasteiger partial charge in [-0.2, -0.15) is 0 Å². The smallest absolute Gasteiger partial charge is 0.408 e. The molecule has 0 fully saturated rings. The van der Waals surface area contributed by atoms with Gasteiger partial charge in [0.15, 0.2) is 0 Å². The Kier molecular flexibility index (Phi) is 12.9. The normalized spacial score (nSPS) is 13.1. The summed E-state index contributed by atoms with van der Waals surface area (Å²) in [5.41, 5.74) is 1.15. The van der Waals surface area contributed by atoms with Gasteiger partial charge in [-0.3, -0.25) is 9.59 Å². The Hall–Kier alpha value is -3.55. The van der Waals surface area contributed by atoms with E-state index >= 15 is 0 Å². The minimum Gasteiger partial charge on any atom is -0.508 e. The maximum absolute atomic E-state index is 14.5. The van der Waals surface area contributed by atoms with Crippen LogP contribution < -0.4 is 10.6 Å². The van der Waals surface area contributed by atoms with Gasteiger partial charge in [-0.05, 0) is 78.1 Å². The van der Waals surface area contributed by atoms with Crippen molar-refractivity contribution >= 4 is 17.9 Å². The maximum Gasteiger partial charge on any atom is 0.408 e. The molecule has 0 saturated carbocycles. The molecule has 0 aliphatic heterocycles. The number of carbonyl (C=O) groups excluding carboxylic acids is 3. The molecular formula is C34H51N3O5. The molecule has 0 aliphatic carbocycles. The zero-order valence-corrected chi connectivity index (χ0v) is 26.8. The third-order valence-electron chi connectivity index (χ3n) is 6.57. The lowest BCUT2D eigenvalue weighted by molar-refractivity contribution is -0.143. The SMILES string of the molecule is CCCCCCCN(C(=O)C(Cc1ccc(O)cc1)NC(=O)OC(C)(C)C)C(C(=O)NC(C)(C)C)c1cccc(C)c1. The van der Waals surface area contributed by atoms with Crippen LogP contribution in [0, 0.1) is 6.92 Å². The van der Waals surface area contributed by atoms with E-state index in [2.05, 4.69) is 17.6 Å². The monoisotopic (exact) mass is 581 g/mol. The summed E-state index contributed by atoms with van der Waals surface area (Å²) in [6.07, 6.45) is 4.31. The Labute approximate surface area is 252 Å². The minimum absolute atomic E-state index is 0.105. The number of rotatable bonds is 13. The van der Waals surface area contributed by atoms with Crippen LogP contribution in [0.4, 0.5) is 4.79 Å². The maximum atomic E-state index is 14.5. The molecule has 0 heterocycles. The summed E-state index contributed by atoms with van der Waals surface area (Å²) in [5.74, 6) is -0.551. The number of hydrogen-bond donors (Lipinski definition) is 3. The van der Waals surface area contributed by atoms with Crippen molar-refractivity contribution in [2.24, 2.45) is 0 Å². The molecule has 2 rings (SSSR count). The van der Waals surface area contributed by atoms with E-state index in [1.165, 1.54) is 0 Å². The first-order valence-electron chi connectivity index (χ1n) is 15.1. The summed E-state index contributed by atoms with van der Waals surface area (Å²) in [7, 11) is 0. The summed E-state index contributed by atoms with van der Waals surface area (Å²) in [5, 5.41) is 15.6. The lowest BCUT2D eigenvalue weighted by Gasteiger charge is -2.36. The highest BCUT2D eigenvalue weighted by Crippen LogP contribution is 2.26. The zero-order chi connectivity index (χ0) is 31.5. The Morgan fingerprint density at radius 2 is 1.57 bits per heavy atom. The predicted octanol–water partition coefficient (Wildman–Crippen LogP) is 6.59. The van der Waals surface area contributed by atoms with Crippen LogP contribution >= 0.6 is 0 Å². The molecule has 0 spiro atoms. The lowest BCUT2D eigenvalue weighted by atomic mass is 9.97. The number of nitrogens with one attached hydrogen (secondary N) is 2. The molecular weight excluding hydrogens is 530 g/mol. The average Bonchev–Trinajstić information content (AvgIpc) is 2.86. The highest BCUT2D eigenvalue weighted by Gasteiger charge is 2.37. The second-order valence-electron chi connectivity index (χ2n) is 13.1. The number of amides is 3. The van der Waals surface area contributed by atoms with Crippen molar-refractivity contribution in [3.8, 4) is 5.75 Å². The fraction of sp³-hybridized carbons (Fsp3) is 0.559. The van der Waals surface area contributed by atoms with Gasteiger partial charge in [0.2, 0.25) is 11.8 Å². The molecule has 3 N–H and O–H groups in total. The molecule has 42 heavy (non-hydrogen) atoms. The summed E-state index contributed by atoms with van der Waals surface area (Å²) in [6.45, 7) is 15.5. The van der Waals surface area contributed by atoms with Crippen LogP contribution in [0.3, 0.4) is 0 Å². The molecule has 0 aliphatic rings. The number of carbonyl (C=O) groups is 3. The zero-order valence-electron chi connectivity index (χ0n) is 26.8. The van der Waals surface area contributed by atoms with Crippen LogP contribution in [0.25, 0.3) is 0 Å². The lowest BCUT2D eigenvalue weighted by Crippen LogP contribution is -2.55. The highest BCUT2D eigenvalue weighted by molar-refractivity contribution is 5.92. The Balaban J connectivity index is 2.57. The van der Waals surface area contributed by atoms with Crippen molar-refractivity contribution in [2.45, 2.75) is 117 Å².